The molecule has 11 heteroatoms. The van der Waals surface area contributed by atoms with Crippen LogP contribution in [0.4, 0.5) is 5.95 Å². The molecule has 1 atom stereocenters. The van der Waals surface area contributed by atoms with Crippen LogP contribution in [0.1, 0.15) is 12.5 Å². The number of rotatable bonds is 7. The maximum absolute atomic E-state index is 12.2. The lowest BCUT2D eigenvalue weighted by atomic mass is 10.2. The molecule has 3 rings (SSSR count). The first kappa shape index (κ1) is 19.4. The zero-order valence-electron chi connectivity index (χ0n) is 14.9. The number of anilines is 1. The van der Waals surface area contributed by atoms with Crippen molar-refractivity contribution in [3.63, 3.8) is 0 Å². The Labute approximate surface area is 163 Å². The standard InChI is InChI=1S/C17H18N6O4S/c1-9(24)19-11(15(26)27)8-28-17-20-12-13(21-16(18)22-14(12)25)23(17)7-10-5-3-2-4-6-10/h2-6,11H,7-8H2,1H3,(H,19,24)(H,26,27)(H3,18,21,22,25)/t11-/m0/s1. The number of carbonyl (C=O) groups is 2. The van der Waals surface area contributed by atoms with Crippen LogP contribution in [0.25, 0.3) is 11.2 Å². The summed E-state index contributed by atoms with van der Waals surface area (Å²) in [7, 11) is 0. The van der Waals surface area contributed by atoms with Crippen LogP contribution >= 0.6 is 11.8 Å². The second-order valence-corrected chi connectivity index (χ2v) is 6.98. The lowest BCUT2D eigenvalue weighted by Crippen LogP contribution is -2.41. The molecule has 2 aromatic heterocycles. The lowest BCUT2D eigenvalue weighted by molar-refractivity contribution is -0.140. The van der Waals surface area contributed by atoms with Gasteiger partial charge in [0.05, 0.1) is 6.54 Å². The molecule has 0 bridgehead atoms. The molecule has 0 saturated heterocycles. The van der Waals surface area contributed by atoms with Crippen molar-refractivity contribution < 1.29 is 14.7 Å². The Kier molecular flexibility index (Phi) is 5.64. The maximum Gasteiger partial charge on any atom is 0.327 e. The van der Waals surface area contributed by atoms with Gasteiger partial charge in [-0.05, 0) is 5.56 Å². The minimum atomic E-state index is -1.16. The van der Waals surface area contributed by atoms with E-state index in [-0.39, 0.29) is 17.2 Å². The number of hydrogen-bond donors (Lipinski definition) is 4. The smallest absolute Gasteiger partial charge is 0.327 e. The van der Waals surface area contributed by atoms with E-state index in [2.05, 4.69) is 20.3 Å². The normalized spacial score (nSPS) is 12.0. The fourth-order valence-electron chi connectivity index (χ4n) is 2.60. The number of hydrogen-bond acceptors (Lipinski definition) is 7. The highest BCUT2D eigenvalue weighted by molar-refractivity contribution is 7.99. The predicted octanol–water partition coefficient (Wildman–Crippen LogP) is 0.431. The number of benzene rings is 1. The van der Waals surface area contributed by atoms with Crippen LogP contribution in [0.2, 0.25) is 0 Å². The van der Waals surface area contributed by atoms with Crippen molar-refractivity contribution in [2.75, 3.05) is 11.5 Å². The van der Waals surface area contributed by atoms with Gasteiger partial charge in [-0.25, -0.2) is 9.78 Å². The molecule has 1 aromatic carbocycles. The van der Waals surface area contributed by atoms with Crippen LogP contribution in [0.3, 0.4) is 0 Å². The minimum absolute atomic E-state index is 0.0282. The van der Waals surface area contributed by atoms with Crippen molar-refractivity contribution in [3.05, 3.63) is 46.2 Å². The summed E-state index contributed by atoms with van der Waals surface area (Å²) in [5.74, 6) is -1.62. The molecule has 0 aliphatic heterocycles. The van der Waals surface area contributed by atoms with Crippen LogP contribution in [-0.2, 0) is 16.1 Å². The van der Waals surface area contributed by atoms with Gasteiger partial charge in [0.1, 0.15) is 6.04 Å². The van der Waals surface area contributed by atoms with Crippen LogP contribution in [0.15, 0.2) is 40.3 Å². The quantitative estimate of drug-likeness (QED) is 0.415. The molecule has 0 spiro atoms. The van der Waals surface area contributed by atoms with Crippen molar-refractivity contribution in [2.24, 2.45) is 0 Å². The Morgan fingerprint density at radius 2 is 2.04 bits per heavy atom. The number of carboxylic acid groups (broad SMARTS) is 1. The Morgan fingerprint density at radius 1 is 1.32 bits per heavy atom. The molecule has 5 N–H and O–H groups in total. The van der Waals surface area contributed by atoms with Gasteiger partial charge < -0.3 is 16.2 Å². The maximum atomic E-state index is 12.2. The average molecular weight is 402 g/mol. The highest BCUT2D eigenvalue weighted by Gasteiger charge is 2.22. The monoisotopic (exact) mass is 402 g/mol. The number of nitrogens with zero attached hydrogens (tertiary/aromatic N) is 3. The number of aliphatic carboxylic acids is 1. The molecule has 0 fully saturated rings. The third-order valence-electron chi connectivity index (χ3n) is 3.83. The van der Waals surface area contributed by atoms with E-state index in [0.717, 1.165) is 17.3 Å². The summed E-state index contributed by atoms with van der Waals surface area (Å²) in [4.78, 5) is 45.7. The molecule has 0 unspecified atom stereocenters. The number of carbonyl (C=O) groups excluding carboxylic acids is 1. The molecule has 0 radical (unpaired) electrons. The molecule has 0 aliphatic rings. The van der Waals surface area contributed by atoms with Crippen molar-refractivity contribution in [1.82, 2.24) is 24.8 Å². The van der Waals surface area contributed by atoms with Gasteiger partial charge in [-0.1, -0.05) is 42.1 Å². The fraction of sp³-hybridized carbons (Fsp3) is 0.235. The number of carboxylic acids is 1. The lowest BCUT2D eigenvalue weighted by Gasteiger charge is -2.13. The van der Waals surface area contributed by atoms with Gasteiger partial charge in [0.15, 0.2) is 16.3 Å². The molecule has 28 heavy (non-hydrogen) atoms. The van der Waals surface area contributed by atoms with E-state index in [9.17, 15) is 19.5 Å². The summed E-state index contributed by atoms with van der Waals surface area (Å²) in [6.07, 6.45) is 0. The number of amides is 1. The first-order valence-electron chi connectivity index (χ1n) is 8.28. The van der Waals surface area contributed by atoms with Gasteiger partial charge >= 0.3 is 5.97 Å². The number of imidazole rings is 1. The largest absolute Gasteiger partial charge is 0.480 e. The summed E-state index contributed by atoms with van der Waals surface area (Å²) in [5, 5.41) is 12.1. The zero-order valence-corrected chi connectivity index (χ0v) is 15.7. The van der Waals surface area contributed by atoms with Crippen molar-refractivity contribution in [3.8, 4) is 0 Å². The van der Waals surface area contributed by atoms with E-state index >= 15 is 0 Å². The number of thioether (sulfide) groups is 1. The molecule has 2 heterocycles. The van der Waals surface area contributed by atoms with Crippen LogP contribution in [0, 0.1) is 0 Å². The molecule has 1 amide bonds. The van der Waals surface area contributed by atoms with E-state index in [4.69, 9.17) is 5.73 Å². The molecule has 0 aliphatic carbocycles. The number of nitrogens with one attached hydrogen (secondary N) is 2. The summed E-state index contributed by atoms with van der Waals surface area (Å²) >= 11 is 1.11. The molecule has 0 saturated carbocycles. The van der Waals surface area contributed by atoms with Crippen LogP contribution in [-0.4, -0.2) is 48.3 Å². The Hall–Kier alpha value is -3.34. The highest BCUT2D eigenvalue weighted by Crippen LogP contribution is 2.23. The average Bonchev–Trinajstić information content (AvgIpc) is 2.97. The van der Waals surface area contributed by atoms with E-state index in [1.807, 2.05) is 30.3 Å². The number of H-pyrrole nitrogens is 1. The first-order chi connectivity index (χ1) is 13.3. The summed E-state index contributed by atoms with van der Waals surface area (Å²) in [5.41, 5.74) is 6.55. The van der Waals surface area contributed by atoms with Crippen molar-refractivity contribution in [2.45, 2.75) is 24.7 Å². The van der Waals surface area contributed by atoms with E-state index < -0.39 is 23.5 Å². The van der Waals surface area contributed by atoms with Gasteiger partial charge in [-0.3, -0.25) is 19.1 Å². The second-order valence-electron chi connectivity index (χ2n) is 5.99. The van der Waals surface area contributed by atoms with E-state index in [0.29, 0.717) is 17.3 Å². The van der Waals surface area contributed by atoms with Gasteiger partial charge in [0, 0.05) is 12.7 Å². The van der Waals surface area contributed by atoms with Gasteiger partial charge in [0.25, 0.3) is 5.56 Å². The third kappa shape index (κ3) is 4.31. The fourth-order valence-corrected chi connectivity index (χ4v) is 3.61. The highest BCUT2D eigenvalue weighted by atomic mass is 32.2. The molecule has 3 aromatic rings. The summed E-state index contributed by atoms with van der Waals surface area (Å²) in [6.45, 7) is 1.62. The Balaban J connectivity index is 1.99. The van der Waals surface area contributed by atoms with Crippen LogP contribution in [0.5, 0.6) is 0 Å². The first-order valence-corrected chi connectivity index (χ1v) is 9.26. The third-order valence-corrected chi connectivity index (χ3v) is 4.90. The number of aromatic nitrogens is 4. The number of nitrogens with two attached hydrogens (primary N) is 1. The van der Waals surface area contributed by atoms with E-state index in [1.54, 1.807) is 4.57 Å². The SMILES string of the molecule is CC(=O)N[C@@H](CSc1nc2c(=O)[nH]c(N)nc2n1Cc1ccccc1)C(=O)O. The number of aromatic amines is 1. The minimum Gasteiger partial charge on any atom is -0.480 e. The van der Waals surface area contributed by atoms with Crippen molar-refractivity contribution >= 4 is 40.8 Å². The summed E-state index contributed by atoms with van der Waals surface area (Å²) in [6, 6.07) is 8.38. The van der Waals surface area contributed by atoms with Crippen molar-refractivity contribution in [1.29, 1.82) is 0 Å². The molecule has 146 valence electrons. The van der Waals surface area contributed by atoms with Gasteiger partial charge in [-0.2, -0.15) is 4.98 Å². The Morgan fingerprint density at radius 3 is 2.68 bits per heavy atom. The van der Waals surface area contributed by atoms with Crippen LogP contribution < -0.4 is 16.6 Å². The van der Waals surface area contributed by atoms with E-state index in [1.165, 1.54) is 6.92 Å². The zero-order chi connectivity index (χ0) is 20.3. The number of nitrogen functional groups attached to an aromatic ring is 1. The second kappa shape index (κ2) is 8.13. The predicted molar refractivity (Wildman–Crippen MR) is 104 cm³/mol. The summed E-state index contributed by atoms with van der Waals surface area (Å²) < 4.78 is 1.70. The Bertz CT molecular complexity index is 1080. The molecular formula is C17H18N6O4S. The topological polar surface area (TPSA) is 156 Å². The molecule has 10 nitrogen and oxygen atoms in total. The number of fused-ring (bicyclic) bond motifs is 1. The van der Waals surface area contributed by atoms with Gasteiger partial charge in [-0.15, -0.1) is 0 Å². The molecular weight excluding hydrogens is 384 g/mol. The van der Waals surface area contributed by atoms with Gasteiger partial charge in [0.2, 0.25) is 11.9 Å².